The lowest BCUT2D eigenvalue weighted by molar-refractivity contribution is 0.0699. The van der Waals surface area contributed by atoms with Crippen LogP contribution in [0.3, 0.4) is 0 Å². The van der Waals surface area contributed by atoms with Gasteiger partial charge < -0.3 is 8.85 Å². The Bertz CT molecular complexity index is 642. The largest absolute Gasteiger partial charge is 0.401 e. The zero-order valence-electron chi connectivity index (χ0n) is 22.1. The van der Waals surface area contributed by atoms with E-state index in [1.54, 1.807) is 0 Å². The fourth-order valence-electron chi connectivity index (χ4n) is 3.11. The molecule has 1 aliphatic carbocycles. The molecule has 0 fully saturated rings. The van der Waals surface area contributed by atoms with E-state index in [-0.39, 0.29) is 10.1 Å². The molecule has 0 spiro atoms. The lowest BCUT2D eigenvalue weighted by atomic mass is 9.91. The van der Waals surface area contributed by atoms with Crippen molar-refractivity contribution in [2.75, 3.05) is 0 Å². The Hall–Kier alpha value is -0.526. The predicted molar refractivity (Wildman–Crippen MR) is 137 cm³/mol. The summed E-state index contributed by atoms with van der Waals surface area (Å²) in [6.45, 7) is 27.4. The molecule has 0 amide bonds. The molecular weight excluding hydrogens is 400 g/mol. The van der Waals surface area contributed by atoms with Crippen LogP contribution in [-0.2, 0) is 8.85 Å². The maximum Gasteiger partial charge on any atom is 0.194 e. The molecule has 0 saturated heterocycles. The van der Waals surface area contributed by atoms with Crippen LogP contribution >= 0.6 is 0 Å². The first kappa shape index (κ1) is 27.5. The smallest absolute Gasteiger partial charge is 0.194 e. The molecule has 0 aromatic heterocycles. The molecule has 0 aromatic rings. The third-order valence-corrected chi connectivity index (χ3v) is 16.4. The lowest BCUT2D eigenvalue weighted by Gasteiger charge is -2.45. The Morgan fingerprint density at radius 3 is 1.20 bits per heavy atom. The van der Waals surface area contributed by atoms with Gasteiger partial charge in [0.15, 0.2) is 16.6 Å². The van der Waals surface area contributed by atoms with Gasteiger partial charge in [0.25, 0.3) is 0 Å². The van der Waals surface area contributed by atoms with Crippen LogP contribution in [0.15, 0.2) is 0 Å². The van der Waals surface area contributed by atoms with Gasteiger partial charge >= 0.3 is 0 Å². The third-order valence-electron chi connectivity index (χ3n) is 7.21. The Morgan fingerprint density at radius 1 is 0.633 bits per heavy atom. The SMILES string of the molecule is CC(C)(C)[Si](C)(C)O[C@@]1(C)C#CCCCCC#C[C@](C)(O[Si](C)(C)C(C)(C)C)CC1. The van der Waals surface area contributed by atoms with Gasteiger partial charge in [0.05, 0.1) is 0 Å². The zero-order valence-corrected chi connectivity index (χ0v) is 24.1. The van der Waals surface area contributed by atoms with Crippen molar-refractivity contribution in [3.63, 3.8) is 0 Å². The minimum atomic E-state index is -1.95. The van der Waals surface area contributed by atoms with E-state index in [1.165, 1.54) is 0 Å². The summed E-state index contributed by atoms with van der Waals surface area (Å²) in [6.07, 6.45) is 5.72. The van der Waals surface area contributed by atoms with E-state index in [1.807, 2.05) is 0 Å². The second kappa shape index (κ2) is 9.54. The Morgan fingerprint density at radius 2 is 0.933 bits per heavy atom. The predicted octanol–water partition coefficient (Wildman–Crippen LogP) is 7.91. The fraction of sp³-hybridized carbons (Fsp3) is 0.846. The molecule has 172 valence electrons. The summed E-state index contributed by atoms with van der Waals surface area (Å²) in [5.74, 6) is 14.0. The molecule has 0 aliphatic heterocycles. The van der Waals surface area contributed by atoms with Gasteiger partial charge in [-0.2, -0.15) is 0 Å². The number of hydrogen-bond acceptors (Lipinski definition) is 2. The highest BCUT2D eigenvalue weighted by Crippen LogP contribution is 2.43. The molecule has 2 atom stereocenters. The summed E-state index contributed by atoms with van der Waals surface area (Å²) in [5, 5.41) is 0.310. The monoisotopic (exact) mass is 448 g/mol. The van der Waals surface area contributed by atoms with Crippen LogP contribution in [0.1, 0.15) is 93.9 Å². The van der Waals surface area contributed by atoms with Crippen molar-refractivity contribution in [3.05, 3.63) is 0 Å². The lowest BCUT2D eigenvalue weighted by Crippen LogP contribution is -2.50. The van der Waals surface area contributed by atoms with Gasteiger partial charge in [-0.25, -0.2) is 0 Å². The first-order chi connectivity index (χ1) is 13.3. The molecule has 4 heteroatoms. The molecule has 30 heavy (non-hydrogen) atoms. The minimum Gasteiger partial charge on any atom is -0.401 e. The summed E-state index contributed by atoms with van der Waals surface area (Å²) in [5.41, 5.74) is -0.913. The van der Waals surface area contributed by atoms with Gasteiger partial charge in [-0.05, 0) is 75.8 Å². The van der Waals surface area contributed by atoms with Crippen molar-refractivity contribution in [3.8, 4) is 23.7 Å². The summed E-state index contributed by atoms with van der Waals surface area (Å²) < 4.78 is 13.8. The van der Waals surface area contributed by atoms with Crippen LogP contribution in [0, 0.1) is 23.7 Å². The molecule has 0 saturated carbocycles. The van der Waals surface area contributed by atoms with E-state index < -0.39 is 27.8 Å². The van der Waals surface area contributed by atoms with Crippen molar-refractivity contribution in [1.29, 1.82) is 0 Å². The van der Waals surface area contributed by atoms with Crippen molar-refractivity contribution >= 4 is 16.6 Å². The first-order valence-electron chi connectivity index (χ1n) is 11.7. The van der Waals surface area contributed by atoms with Crippen molar-refractivity contribution in [1.82, 2.24) is 0 Å². The Balaban J connectivity index is 3.25. The molecule has 0 unspecified atom stereocenters. The van der Waals surface area contributed by atoms with Crippen LogP contribution in [0.2, 0.25) is 36.3 Å². The maximum atomic E-state index is 6.90. The van der Waals surface area contributed by atoms with Crippen LogP contribution in [0.5, 0.6) is 0 Å². The molecule has 0 N–H and O–H groups in total. The highest BCUT2D eigenvalue weighted by molar-refractivity contribution is 6.74. The van der Waals surface area contributed by atoms with E-state index in [0.29, 0.717) is 0 Å². The summed E-state index contributed by atoms with van der Waals surface area (Å²) >= 11 is 0. The highest BCUT2D eigenvalue weighted by atomic mass is 28.4. The molecule has 1 aliphatic rings. The zero-order chi connectivity index (χ0) is 23.5. The van der Waals surface area contributed by atoms with E-state index >= 15 is 0 Å². The maximum absolute atomic E-state index is 6.90. The summed E-state index contributed by atoms with van der Waals surface area (Å²) in [6, 6.07) is 0. The van der Waals surface area contributed by atoms with E-state index in [9.17, 15) is 0 Å². The second-order valence-electron chi connectivity index (χ2n) is 12.5. The van der Waals surface area contributed by atoms with Crippen LogP contribution < -0.4 is 0 Å². The van der Waals surface area contributed by atoms with Gasteiger partial charge in [0.2, 0.25) is 0 Å². The minimum absolute atomic E-state index is 0.155. The van der Waals surface area contributed by atoms with Gasteiger partial charge in [0.1, 0.15) is 11.2 Å². The second-order valence-corrected chi connectivity index (χ2v) is 21.9. The first-order valence-corrected chi connectivity index (χ1v) is 17.5. The Labute approximate surface area is 190 Å². The molecule has 0 radical (unpaired) electrons. The number of hydrogen-bond donors (Lipinski definition) is 0. The van der Waals surface area contributed by atoms with Gasteiger partial charge in [0, 0.05) is 12.8 Å². The van der Waals surface area contributed by atoms with Crippen LogP contribution in [-0.4, -0.2) is 27.8 Å². The molecule has 1 rings (SSSR count). The average Bonchev–Trinajstić information content (AvgIpc) is 2.52. The van der Waals surface area contributed by atoms with Crippen molar-refractivity contribution in [2.45, 2.75) is 141 Å². The normalized spacial score (nSPS) is 27.1. The van der Waals surface area contributed by atoms with Crippen LogP contribution in [0.4, 0.5) is 0 Å². The topological polar surface area (TPSA) is 18.5 Å². The highest BCUT2D eigenvalue weighted by Gasteiger charge is 2.45. The summed E-state index contributed by atoms with van der Waals surface area (Å²) in [7, 11) is -3.90. The van der Waals surface area contributed by atoms with E-state index in [4.69, 9.17) is 8.85 Å². The standard InChI is InChI=1S/C26H48O2Si2/c1-23(2,3)29(9,10)27-25(7)19-17-15-13-14-16-18-20-26(8,22-21-25)28-30(11,12)24(4,5)6/h13-16,21-22H2,1-12H3/t25-,26-/m0/s1. The quantitative estimate of drug-likeness (QED) is 0.321. The average molecular weight is 449 g/mol. The molecular formula is C26H48O2Si2. The van der Waals surface area contributed by atoms with Crippen molar-refractivity contribution < 1.29 is 8.85 Å². The number of rotatable bonds is 4. The summed E-state index contributed by atoms with van der Waals surface area (Å²) in [4.78, 5) is 0. The van der Waals surface area contributed by atoms with Gasteiger partial charge in [-0.1, -0.05) is 53.4 Å². The molecule has 0 aromatic carbocycles. The fourth-order valence-corrected chi connectivity index (χ4v) is 6.28. The molecule has 0 heterocycles. The molecule has 2 nitrogen and oxygen atoms in total. The van der Waals surface area contributed by atoms with Crippen molar-refractivity contribution in [2.24, 2.45) is 0 Å². The third kappa shape index (κ3) is 7.87. The molecule has 0 bridgehead atoms. The van der Waals surface area contributed by atoms with Crippen LogP contribution in [0.25, 0.3) is 0 Å². The van der Waals surface area contributed by atoms with Gasteiger partial charge in [-0.3, -0.25) is 0 Å². The van der Waals surface area contributed by atoms with E-state index in [2.05, 4.69) is 105 Å². The Kier molecular flexibility index (Phi) is 8.74. The van der Waals surface area contributed by atoms with E-state index in [0.717, 1.165) is 38.5 Å². The van der Waals surface area contributed by atoms with Gasteiger partial charge in [-0.15, -0.1) is 11.8 Å².